The van der Waals surface area contributed by atoms with Crippen molar-refractivity contribution in [3.05, 3.63) is 55.2 Å². The summed E-state index contributed by atoms with van der Waals surface area (Å²) in [7, 11) is 0. The number of carboxylic acid groups (broad SMARTS) is 1. The van der Waals surface area contributed by atoms with E-state index in [0.29, 0.717) is 42.5 Å². The molecule has 1 saturated heterocycles. The standard InChI is InChI=1S/C22H22N8O3/c1-14-13-28(22(32)33)6-7-29(14)15-8-16(11-24-10-15)30-19-9-17(31)2-3-18(19)21(27-30)26-20-12-23-4-5-25-20/h2-5,8-12,14,31H,6-7,13H2,1H3,(H,32,33)(H,25,26,27)/t14-/m0/s1. The van der Waals surface area contributed by atoms with Gasteiger partial charge in [0.05, 0.1) is 35.5 Å². The van der Waals surface area contributed by atoms with Crippen LogP contribution in [0.2, 0.25) is 0 Å². The zero-order valence-corrected chi connectivity index (χ0v) is 17.8. The van der Waals surface area contributed by atoms with Crippen LogP contribution in [0.5, 0.6) is 5.75 Å². The number of fused-ring (bicyclic) bond motifs is 1. The van der Waals surface area contributed by atoms with E-state index >= 15 is 0 Å². The number of aromatic nitrogens is 5. The number of rotatable bonds is 4. The molecule has 1 fully saturated rings. The molecule has 1 amide bonds. The number of amides is 1. The van der Waals surface area contributed by atoms with Gasteiger partial charge in [0.1, 0.15) is 11.6 Å². The number of hydrogen-bond donors (Lipinski definition) is 3. The van der Waals surface area contributed by atoms with E-state index in [1.807, 2.05) is 13.0 Å². The molecule has 0 saturated carbocycles. The van der Waals surface area contributed by atoms with E-state index in [-0.39, 0.29) is 11.8 Å². The van der Waals surface area contributed by atoms with Crippen molar-refractivity contribution in [1.82, 2.24) is 29.6 Å². The van der Waals surface area contributed by atoms with Crippen molar-refractivity contribution in [3.8, 4) is 11.4 Å². The molecule has 4 aromatic rings. The van der Waals surface area contributed by atoms with Crippen LogP contribution in [-0.2, 0) is 0 Å². The Labute approximate surface area is 188 Å². The van der Waals surface area contributed by atoms with Crippen LogP contribution < -0.4 is 10.2 Å². The van der Waals surface area contributed by atoms with E-state index in [4.69, 9.17) is 5.10 Å². The first-order chi connectivity index (χ1) is 16.0. The van der Waals surface area contributed by atoms with Crippen LogP contribution in [0, 0.1) is 0 Å². The zero-order chi connectivity index (χ0) is 22.9. The SMILES string of the molecule is C[C@H]1CN(C(=O)O)CCN1c1cncc(-n2nc(Nc3cnccn3)c3ccc(O)cc32)c1. The normalized spacial score (nSPS) is 16.2. The van der Waals surface area contributed by atoms with E-state index in [9.17, 15) is 15.0 Å². The Hall–Kier alpha value is -4.41. The van der Waals surface area contributed by atoms with Crippen molar-refractivity contribution in [2.45, 2.75) is 13.0 Å². The van der Waals surface area contributed by atoms with Crippen molar-refractivity contribution in [2.24, 2.45) is 0 Å². The number of phenolic OH excluding ortho intramolecular Hbond substituents is 1. The molecule has 4 heterocycles. The monoisotopic (exact) mass is 446 g/mol. The number of aromatic hydroxyl groups is 1. The highest BCUT2D eigenvalue weighted by atomic mass is 16.4. The lowest BCUT2D eigenvalue weighted by molar-refractivity contribution is 0.136. The predicted molar refractivity (Wildman–Crippen MR) is 122 cm³/mol. The second kappa shape index (κ2) is 8.26. The molecule has 0 bridgehead atoms. The van der Waals surface area contributed by atoms with Gasteiger partial charge in [-0.05, 0) is 25.1 Å². The predicted octanol–water partition coefficient (Wildman–Crippen LogP) is 2.85. The second-order valence-corrected chi connectivity index (χ2v) is 7.85. The van der Waals surface area contributed by atoms with Crippen LogP contribution in [0.1, 0.15) is 6.92 Å². The first kappa shape index (κ1) is 20.5. The largest absolute Gasteiger partial charge is 0.508 e. The van der Waals surface area contributed by atoms with Crippen LogP contribution in [0.3, 0.4) is 0 Å². The molecule has 0 unspecified atom stereocenters. The number of anilines is 3. The van der Waals surface area contributed by atoms with Gasteiger partial charge in [-0.2, -0.15) is 0 Å². The summed E-state index contributed by atoms with van der Waals surface area (Å²) in [6.45, 7) is 3.41. The van der Waals surface area contributed by atoms with Gasteiger partial charge in [-0.25, -0.2) is 14.5 Å². The maximum Gasteiger partial charge on any atom is 0.407 e. The molecule has 0 aliphatic carbocycles. The van der Waals surface area contributed by atoms with E-state index in [2.05, 4.69) is 25.2 Å². The topological polar surface area (TPSA) is 133 Å². The Morgan fingerprint density at radius 3 is 2.70 bits per heavy atom. The molecule has 11 heteroatoms. The summed E-state index contributed by atoms with van der Waals surface area (Å²) >= 11 is 0. The maximum atomic E-state index is 11.3. The van der Waals surface area contributed by atoms with Crippen LogP contribution in [0.15, 0.2) is 55.2 Å². The van der Waals surface area contributed by atoms with Crippen LogP contribution in [-0.4, -0.2) is 71.6 Å². The highest BCUT2D eigenvalue weighted by Gasteiger charge is 2.27. The van der Waals surface area contributed by atoms with Gasteiger partial charge in [0.15, 0.2) is 5.82 Å². The zero-order valence-electron chi connectivity index (χ0n) is 17.8. The van der Waals surface area contributed by atoms with Crippen molar-refractivity contribution in [2.75, 3.05) is 29.9 Å². The minimum Gasteiger partial charge on any atom is -0.508 e. The lowest BCUT2D eigenvalue weighted by Gasteiger charge is -2.40. The van der Waals surface area contributed by atoms with Crippen LogP contribution >= 0.6 is 0 Å². The summed E-state index contributed by atoms with van der Waals surface area (Å²) in [4.78, 5) is 27.6. The number of hydrogen-bond acceptors (Lipinski definition) is 8. The third-order valence-corrected chi connectivity index (χ3v) is 5.66. The highest BCUT2D eigenvalue weighted by Crippen LogP contribution is 2.31. The summed E-state index contributed by atoms with van der Waals surface area (Å²) in [5, 5.41) is 28.1. The lowest BCUT2D eigenvalue weighted by atomic mass is 10.1. The molecule has 1 aliphatic heterocycles. The van der Waals surface area contributed by atoms with Gasteiger partial charge in [0.25, 0.3) is 0 Å². The van der Waals surface area contributed by atoms with E-state index in [1.54, 1.807) is 53.9 Å². The first-order valence-corrected chi connectivity index (χ1v) is 10.4. The summed E-state index contributed by atoms with van der Waals surface area (Å²) < 4.78 is 1.71. The smallest absolute Gasteiger partial charge is 0.407 e. The Kier molecular flexibility index (Phi) is 5.13. The Balaban J connectivity index is 1.52. The molecule has 33 heavy (non-hydrogen) atoms. The number of benzene rings is 1. The third-order valence-electron chi connectivity index (χ3n) is 5.66. The number of carbonyl (C=O) groups is 1. The molecule has 11 nitrogen and oxygen atoms in total. The molecule has 3 N–H and O–H groups in total. The van der Waals surface area contributed by atoms with Gasteiger partial charge in [-0.1, -0.05) is 0 Å². The number of nitrogens with zero attached hydrogens (tertiary/aromatic N) is 7. The molecule has 0 spiro atoms. The Morgan fingerprint density at radius 1 is 1.09 bits per heavy atom. The van der Waals surface area contributed by atoms with Gasteiger partial charge in [-0.3, -0.25) is 9.97 Å². The van der Waals surface area contributed by atoms with E-state index in [0.717, 1.165) is 11.1 Å². The third kappa shape index (κ3) is 3.95. The average Bonchev–Trinajstić information content (AvgIpc) is 3.17. The molecule has 1 aromatic carbocycles. The van der Waals surface area contributed by atoms with E-state index in [1.165, 1.54) is 4.90 Å². The molecule has 1 aliphatic rings. The number of phenols is 1. The van der Waals surface area contributed by atoms with Gasteiger partial charge < -0.3 is 25.3 Å². The van der Waals surface area contributed by atoms with Crippen molar-refractivity contribution < 1.29 is 15.0 Å². The fourth-order valence-electron chi connectivity index (χ4n) is 4.08. The summed E-state index contributed by atoms with van der Waals surface area (Å²) in [6.07, 6.45) is 7.34. The fourth-order valence-corrected chi connectivity index (χ4v) is 4.08. The van der Waals surface area contributed by atoms with Crippen LogP contribution in [0.25, 0.3) is 16.6 Å². The quantitative estimate of drug-likeness (QED) is 0.433. The Bertz CT molecular complexity index is 1310. The molecule has 168 valence electrons. The van der Waals surface area contributed by atoms with Crippen molar-refractivity contribution in [3.63, 3.8) is 0 Å². The minimum absolute atomic E-state index is 0.000748. The average molecular weight is 446 g/mol. The van der Waals surface area contributed by atoms with Crippen molar-refractivity contribution >= 4 is 34.3 Å². The van der Waals surface area contributed by atoms with Gasteiger partial charge in [0.2, 0.25) is 0 Å². The van der Waals surface area contributed by atoms with E-state index < -0.39 is 6.09 Å². The number of pyridine rings is 1. The van der Waals surface area contributed by atoms with Gasteiger partial charge >= 0.3 is 6.09 Å². The lowest BCUT2D eigenvalue weighted by Crippen LogP contribution is -2.53. The molecule has 5 rings (SSSR count). The molecule has 3 aromatic heterocycles. The highest BCUT2D eigenvalue weighted by molar-refractivity contribution is 5.93. The number of nitrogens with one attached hydrogen (secondary N) is 1. The fraction of sp³-hybridized carbons (Fsp3) is 0.227. The second-order valence-electron chi connectivity index (χ2n) is 7.85. The minimum atomic E-state index is -0.903. The first-order valence-electron chi connectivity index (χ1n) is 10.4. The summed E-state index contributed by atoms with van der Waals surface area (Å²) in [5.41, 5.74) is 2.28. The maximum absolute atomic E-state index is 11.3. The molecule has 1 atom stereocenters. The van der Waals surface area contributed by atoms with Crippen LogP contribution in [0.4, 0.5) is 22.1 Å². The van der Waals surface area contributed by atoms with Gasteiger partial charge in [-0.15, -0.1) is 5.10 Å². The Morgan fingerprint density at radius 2 is 1.94 bits per heavy atom. The number of piperazine rings is 1. The molecule has 0 radical (unpaired) electrons. The van der Waals surface area contributed by atoms with Gasteiger partial charge in [0, 0.05) is 49.5 Å². The summed E-state index contributed by atoms with van der Waals surface area (Å²) in [5.74, 6) is 1.24. The molecular weight excluding hydrogens is 424 g/mol. The molecular formula is C22H22N8O3. The van der Waals surface area contributed by atoms with Crippen molar-refractivity contribution in [1.29, 1.82) is 0 Å². The summed E-state index contributed by atoms with van der Waals surface area (Å²) in [6, 6.07) is 7.00.